The van der Waals surface area contributed by atoms with Crippen LogP contribution >= 0.6 is 10.7 Å². The Balaban J connectivity index is 1.72. The normalized spacial score (nSPS) is 18.6. The van der Waals surface area contributed by atoms with E-state index in [0.717, 1.165) is 24.8 Å². The number of amides is 1. The van der Waals surface area contributed by atoms with E-state index in [1.807, 2.05) is 0 Å². The molecule has 1 atom stereocenters. The van der Waals surface area contributed by atoms with Gasteiger partial charge in [-0.3, -0.25) is 4.79 Å². The third kappa shape index (κ3) is 4.98. The van der Waals surface area contributed by atoms with Crippen LogP contribution in [0.15, 0.2) is 29.2 Å². The van der Waals surface area contributed by atoms with Gasteiger partial charge in [0, 0.05) is 23.8 Å². The van der Waals surface area contributed by atoms with Gasteiger partial charge in [0.2, 0.25) is 5.91 Å². The first-order valence-corrected chi connectivity index (χ1v) is 9.17. The van der Waals surface area contributed by atoms with Gasteiger partial charge < -0.3 is 10.1 Å². The van der Waals surface area contributed by atoms with Crippen LogP contribution in [0.5, 0.6) is 0 Å². The fourth-order valence-electron chi connectivity index (χ4n) is 2.21. The summed E-state index contributed by atoms with van der Waals surface area (Å²) in [5.74, 6) is 0.0364. The van der Waals surface area contributed by atoms with Gasteiger partial charge in [-0.15, -0.1) is 0 Å². The van der Waals surface area contributed by atoms with Crippen molar-refractivity contribution in [2.24, 2.45) is 5.92 Å². The molecule has 21 heavy (non-hydrogen) atoms. The molecule has 0 aliphatic carbocycles. The third-order valence-corrected chi connectivity index (χ3v) is 4.82. The van der Waals surface area contributed by atoms with Gasteiger partial charge in [-0.25, -0.2) is 8.42 Å². The molecule has 1 aromatic carbocycles. The highest BCUT2D eigenvalue weighted by atomic mass is 35.7. The van der Waals surface area contributed by atoms with Gasteiger partial charge in [0.25, 0.3) is 9.05 Å². The molecule has 116 valence electrons. The Morgan fingerprint density at radius 3 is 2.62 bits per heavy atom. The van der Waals surface area contributed by atoms with Crippen LogP contribution in [0.4, 0.5) is 0 Å². The topological polar surface area (TPSA) is 72.5 Å². The zero-order valence-corrected chi connectivity index (χ0v) is 13.1. The Bertz CT molecular complexity index is 579. The van der Waals surface area contributed by atoms with E-state index in [1.165, 1.54) is 12.1 Å². The predicted octanol–water partition coefficient (Wildman–Crippen LogP) is 1.70. The van der Waals surface area contributed by atoms with Crippen molar-refractivity contribution in [1.29, 1.82) is 0 Å². The molecular formula is C14H18ClNO4S. The first kappa shape index (κ1) is 16.3. The molecule has 0 radical (unpaired) electrons. The van der Waals surface area contributed by atoms with Crippen LogP contribution in [0.1, 0.15) is 18.4 Å². The van der Waals surface area contributed by atoms with Crippen molar-refractivity contribution in [2.75, 3.05) is 19.8 Å². The summed E-state index contributed by atoms with van der Waals surface area (Å²) in [5.41, 5.74) is 1.01. The molecule has 0 aromatic heterocycles. The van der Waals surface area contributed by atoms with Crippen molar-refractivity contribution < 1.29 is 17.9 Å². The summed E-state index contributed by atoms with van der Waals surface area (Å²) in [5, 5.41) is 2.89. The lowest BCUT2D eigenvalue weighted by atomic mass is 10.1. The highest BCUT2D eigenvalue weighted by Crippen LogP contribution is 2.16. The summed E-state index contributed by atoms with van der Waals surface area (Å²) >= 11 is 0. The minimum Gasteiger partial charge on any atom is -0.381 e. The van der Waals surface area contributed by atoms with Crippen LogP contribution in [-0.4, -0.2) is 34.1 Å². The Kier molecular flexibility index (Phi) is 5.61. The van der Waals surface area contributed by atoms with E-state index in [1.54, 1.807) is 12.1 Å². The monoisotopic (exact) mass is 331 g/mol. The third-order valence-electron chi connectivity index (χ3n) is 3.45. The van der Waals surface area contributed by atoms with E-state index >= 15 is 0 Å². The standard InChI is InChI=1S/C14H18ClNO4S/c15-21(18,19)13-5-3-11(4-6-13)2-1-8-16-14(17)12-7-9-20-10-12/h3-6,12H,1-2,7-10H2,(H,16,17). The minimum atomic E-state index is -3.66. The van der Waals surface area contributed by atoms with Crippen LogP contribution in [0.2, 0.25) is 0 Å². The van der Waals surface area contributed by atoms with Crippen LogP contribution in [0.25, 0.3) is 0 Å². The lowest BCUT2D eigenvalue weighted by Gasteiger charge is -2.09. The van der Waals surface area contributed by atoms with Crippen molar-refractivity contribution in [3.05, 3.63) is 29.8 Å². The minimum absolute atomic E-state index is 0.0155. The molecule has 1 fully saturated rings. The van der Waals surface area contributed by atoms with Crippen molar-refractivity contribution in [1.82, 2.24) is 5.32 Å². The van der Waals surface area contributed by atoms with E-state index in [4.69, 9.17) is 15.4 Å². The van der Waals surface area contributed by atoms with Gasteiger partial charge in [0.1, 0.15) is 0 Å². The van der Waals surface area contributed by atoms with Gasteiger partial charge in [-0.05, 0) is 37.0 Å². The van der Waals surface area contributed by atoms with E-state index in [2.05, 4.69) is 5.32 Å². The maximum atomic E-state index is 11.7. The first-order chi connectivity index (χ1) is 9.97. The molecule has 1 saturated heterocycles. The lowest BCUT2D eigenvalue weighted by Crippen LogP contribution is -2.31. The number of carbonyl (C=O) groups excluding carboxylic acids is 1. The number of nitrogens with one attached hydrogen (secondary N) is 1. The average molecular weight is 332 g/mol. The molecule has 1 aliphatic rings. The summed E-state index contributed by atoms with van der Waals surface area (Å²) in [6, 6.07) is 6.46. The number of carbonyl (C=O) groups is 1. The Labute approximate surface area is 129 Å². The number of benzene rings is 1. The molecule has 5 nitrogen and oxygen atoms in total. The van der Waals surface area contributed by atoms with E-state index in [-0.39, 0.29) is 16.7 Å². The summed E-state index contributed by atoms with van der Waals surface area (Å²) in [6.07, 6.45) is 2.36. The SMILES string of the molecule is O=C(NCCCc1ccc(S(=O)(=O)Cl)cc1)C1CCOC1. The quantitative estimate of drug-likeness (QED) is 0.636. The summed E-state index contributed by atoms with van der Waals surface area (Å²) in [4.78, 5) is 11.8. The first-order valence-electron chi connectivity index (χ1n) is 6.86. The molecule has 1 aliphatic heterocycles. The van der Waals surface area contributed by atoms with Crippen molar-refractivity contribution in [3.8, 4) is 0 Å². The van der Waals surface area contributed by atoms with Crippen LogP contribution in [0, 0.1) is 5.92 Å². The Hall–Kier alpha value is -1.11. The molecule has 1 N–H and O–H groups in total. The lowest BCUT2D eigenvalue weighted by molar-refractivity contribution is -0.124. The fourth-order valence-corrected chi connectivity index (χ4v) is 2.98. The zero-order valence-electron chi connectivity index (χ0n) is 11.5. The second kappa shape index (κ2) is 7.24. The van der Waals surface area contributed by atoms with E-state index < -0.39 is 9.05 Å². The van der Waals surface area contributed by atoms with Crippen LogP contribution in [0.3, 0.4) is 0 Å². The van der Waals surface area contributed by atoms with E-state index in [9.17, 15) is 13.2 Å². The highest BCUT2D eigenvalue weighted by molar-refractivity contribution is 8.13. The summed E-state index contributed by atoms with van der Waals surface area (Å²) in [7, 11) is 1.59. The number of ether oxygens (including phenoxy) is 1. The van der Waals surface area contributed by atoms with Gasteiger partial charge >= 0.3 is 0 Å². The van der Waals surface area contributed by atoms with Crippen molar-refractivity contribution in [2.45, 2.75) is 24.2 Å². The zero-order chi connectivity index (χ0) is 15.3. The smallest absolute Gasteiger partial charge is 0.261 e. The van der Waals surface area contributed by atoms with Gasteiger partial charge in [-0.1, -0.05) is 12.1 Å². The molecule has 0 spiro atoms. The van der Waals surface area contributed by atoms with Gasteiger partial charge in [-0.2, -0.15) is 0 Å². The average Bonchev–Trinajstić information content (AvgIpc) is 2.97. The number of aryl methyl sites for hydroxylation is 1. The van der Waals surface area contributed by atoms with Gasteiger partial charge in [0.15, 0.2) is 0 Å². The van der Waals surface area contributed by atoms with Crippen molar-refractivity contribution in [3.63, 3.8) is 0 Å². The summed E-state index contributed by atoms with van der Waals surface area (Å²) < 4.78 is 27.4. The Morgan fingerprint density at radius 1 is 1.33 bits per heavy atom. The molecular weight excluding hydrogens is 314 g/mol. The molecule has 1 aromatic rings. The van der Waals surface area contributed by atoms with Crippen LogP contribution < -0.4 is 5.32 Å². The number of hydrogen-bond donors (Lipinski definition) is 1. The molecule has 0 saturated carbocycles. The van der Waals surface area contributed by atoms with Crippen molar-refractivity contribution >= 4 is 25.6 Å². The van der Waals surface area contributed by atoms with E-state index in [0.29, 0.717) is 19.8 Å². The fraction of sp³-hybridized carbons (Fsp3) is 0.500. The maximum absolute atomic E-state index is 11.7. The predicted molar refractivity (Wildman–Crippen MR) is 79.7 cm³/mol. The molecule has 7 heteroatoms. The van der Waals surface area contributed by atoms with Crippen LogP contribution in [-0.2, 0) is 25.0 Å². The Morgan fingerprint density at radius 2 is 2.05 bits per heavy atom. The molecule has 1 amide bonds. The molecule has 1 heterocycles. The highest BCUT2D eigenvalue weighted by Gasteiger charge is 2.22. The van der Waals surface area contributed by atoms with Gasteiger partial charge in [0.05, 0.1) is 17.4 Å². The number of hydrogen-bond acceptors (Lipinski definition) is 4. The second-order valence-electron chi connectivity index (χ2n) is 5.04. The second-order valence-corrected chi connectivity index (χ2v) is 7.60. The maximum Gasteiger partial charge on any atom is 0.261 e. The summed E-state index contributed by atoms with van der Waals surface area (Å²) in [6.45, 7) is 1.78. The molecule has 2 rings (SSSR count). The number of halogens is 1. The number of rotatable bonds is 6. The largest absolute Gasteiger partial charge is 0.381 e. The molecule has 0 bridgehead atoms. The molecule has 1 unspecified atom stereocenters.